The highest BCUT2D eigenvalue weighted by atomic mass is 16.5. The van der Waals surface area contributed by atoms with Gasteiger partial charge in [0.25, 0.3) is 0 Å². The van der Waals surface area contributed by atoms with Crippen molar-refractivity contribution in [1.29, 1.82) is 0 Å². The van der Waals surface area contributed by atoms with E-state index in [1.54, 1.807) is 7.11 Å². The second kappa shape index (κ2) is 6.88. The maximum absolute atomic E-state index is 12.6. The van der Waals surface area contributed by atoms with Crippen LogP contribution in [-0.4, -0.2) is 62.2 Å². The number of fused-ring (bicyclic) bond motifs is 1. The molecular formula is C19H24N4O2. The summed E-state index contributed by atoms with van der Waals surface area (Å²) in [4.78, 5) is 21.4. The summed E-state index contributed by atoms with van der Waals surface area (Å²) < 4.78 is 5.29. The van der Waals surface area contributed by atoms with Gasteiger partial charge in [0.05, 0.1) is 18.5 Å². The van der Waals surface area contributed by atoms with Crippen molar-refractivity contribution in [3.8, 4) is 5.75 Å². The van der Waals surface area contributed by atoms with E-state index in [1.165, 1.54) is 5.69 Å². The molecule has 2 aliphatic heterocycles. The highest BCUT2D eigenvalue weighted by molar-refractivity contribution is 5.92. The minimum atomic E-state index is 0.167. The number of anilines is 1. The molecule has 2 fully saturated rings. The fraction of sp³-hybridized carbons (Fsp3) is 0.474. The molecule has 25 heavy (non-hydrogen) atoms. The van der Waals surface area contributed by atoms with Gasteiger partial charge in [-0.15, -0.1) is 0 Å². The van der Waals surface area contributed by atoms with Crippen molar-refractivity contribution in [2.45, 2.75) is 6.42 Å². The molecule has 1 N–H and O–H groups in total. The summed E-state index contributed by atoms with van der Waals surface area (Å²) in [5.74, 6) is 1.30. The molecule has 2 saturated heterocycles. The van der Waals surface area contributed by atoms with E-state index in [-0.39, 0.29) is 5.92 Å². The van der Waals surface area contributed by atoms with Crippen LogP contribution in [0.2, 0.25) is 0 Å². The lowest BCUT2D eigenvalue weighted by Crippen LogP contribution is -2.50. The Morgan fingerprint density at radius 2 is 2.08 bits per heavy atom. The molecule has 0 bridgehead atoms. The van der Waals surface area contributed by atoms with E-state index in [0.29, 0.717) is 5.91 Å². The van der Waals surface area contributed by atoms with E-state index in [9.17, 15) is 4.79 Å². The van der Waals surface area contributed by atoms with Gasteiger partial charge in [-0.1, -0.05) is 0 Å². The van der Waals surface area contributed by atoms with E-state index in [0.717, 1.165) is 62.3 Å². The van der Waals surface area contributed by atoms with E-state index < -0.39 is 0 Å². The first kappa shape index (κ1) is 16.1. The van der Waals surface area contributed by atoms with Crippen LogP contribution in [0.15, 0.2) is 30.5 Å². The number of hydrogen-bond acceptors (Lipinski definition) is 5. The minimum Gasteiger partial charge on any atom is -0.497 e. The lowest BCUT2D eigenvalue weighted by molar-refractivity contribution is -0.135. The fourth-order valence-electron chi connectivity index (χ4n) is 3.81. The summed E-state index contributed by atoms with van der Waals surface area (Å²) >= 11 is 0. The Balaban J connectivity index is 1.49. The van der Waals surface area contributed by atoms with Crippen LogP contribution in [0.1, 0.15) is 6.42 Å². The van der Waals surface area contributed by atoms with Crippen molar-refractivity contribution < 1.29 is 9.53 Å². The first-order valence-corrected chi connectivity index (χ1v) is 8.93. The summed E-state index contributed by atoms with van der Waals surface area (Å²) in [5, 5.41) is 4.41. The molecule has 0 spiro atoms. The number of carbonyl (C=O) groups is 1. The van der Waals surface area contributed by atoms with Crippen molar-refractivity contribution in [2.24, 2.45) is 5.92 Å². The van der Waals surface area contributed by atoms with Gasteiger partial charge in [0.1, 0.15) is 5.75 Å². The number of pyridine rings is 1. The Bertz CT molecular complexity index is 765. The Morgan fingerprint density at radius 1 is 1.24 bits per heavy atom. The summed E-state index contributed by atoms with van der Waals surface area (Å²) in [6.07, 6.45) is 2.81. The SMILES string of the molecule is COc1ccc2c(N3CCN(C(=O)C4CCNC4)CC3)ccnc2c1. The molecule has 3 heterocycles. The maximum Gasteiger partial charge on any atom is 0.227 e. The van der Waals surface area contributed by atoms with Crippen LogP contribution in [0.4, 0.5) is 5.69 Å². The quantitative estimate of drug-likeness (QED) is 0.918. The number of carbonyl (C=O) groups excluding carboxylic acids is 1. The molecule has 1 unspecified atom stereocenters. The first-order valence-electron chi connectivity index (χ1n) is 8.93. The monoisotopic (exact) mass is 340 g/mol. The summed E-state index contributed by atoms with van der Waals surface area (Å²) in [7, 11) is 1.67. The highest BCUT2D eigenvalue weighted by Gasteiger charge is 2.29. The van der Waals surface area contributed by atoms with Crippen molar-refractivity contribution in [3.63, 3.8) is 0 Å². The molecular weight excluding hydrogens is 316 g/mol. The molecule has 1 aromatic carbocycles. The molecule has 2 aromatic rings. The zero-order valence-electron chi connectivity index (χ0n) is 14.6. The third kappa shape index (κ3) is 3.14. The predicted octanol–water partition coefficient (Wildman–Crippen LogP) is 1.50. The standard InChI is InChI=1S/C19H24N4O2/c1-25-15-2-3-16-17(12-15)21-7-5-18(16)22-8-10-23(11-9-22)19(24)14-4-6-20-13-14/h2-3,5,7,12,14,20H,4,6,8-11,13H2,1H3. The molecule has 6 heteroatoms. The number of hydrogen-bond donors (Lipinski definition) is 1. The number of nitrogens with zero attached hydrogens (tertiary/aromatic N) is 3. The van der Waals surface area contributed by atoms with Gasteiger partial charge < -0.3 is 19.9 Å². The van der Waals surface area contributed by atoms with Gasteiger partial charge in [0.2, 0.25) is 5.91 Å². The molecule has 132 valence electrons. The highest BCUT2D eigenvalue weighted by Crippen LogP contribution is 2.29. The minimum absolute atomic E-state index is 0.167. The van der Waals surface area contributed by atoms with Gasteiger partial charge in [-0.25, -0.2) is 0 Å². The fourth-order valence-corrected chi connectivity index (χ4v) is 3.81. The molecule has 2 aliphatic rings. The predicted molar refractivity (Wildman–Crippen MR) is 98.1 cm³/mol. The molecule has 1 amide bonds. The summed E-state index contributed by atoms with van der Waals surface area (Å²) in [6, 6.07) is 8.07. The maximum atomic E-state index is 12.6. The van der Waals surface area contributed by atoms with Crippen LogP contribution in [0.25, 0.3) is 10.9 Å². The summed E-state index contributed by atoms with van der Waals surface area (Å²) in [6.45, 7) is 5.08. The average Bonchev–Trinajstić information content (AvgIpc) is 3.21. The van der Waals surface area contributed by atoms with Crippen LogP contribution < -0.4 is 15.0 Å². The van der Waals surface area contributed by atoms with Crippen molar-refractivity contribution in [3.05, 3.63) is 30.5 Å². The van der Waals surface area contributed by atoms with E-state index in [1.807, 2.05) is 23.2 Å². The third-order valence-corrected chi connectivity index (χ3v) is 5.27. The van der Waals surface area contributed by atoms with Crippen LogP contribution in [-0.2, 0) is 4.79 Å². The van der Waals surface area contributed by atoms with Gasteiger partial charge in [-0.3, -0.25) is 9.78 Å². The Kier molecular flexibility index (Phi) is 4.44. The Hall–Kier alpha value is -2.34. The number of ether oxygens (including phenoxy) is 1. The summed E-state index contributed by atoms with van der Waals surface area (Å²) in [5.41, 5.74) is 2.12. The van der Waals surface area contributed by atoms with Crippen LogP contribution in [0.3, 0.4) is 0 Å². The van der Waals surface area contributed by atoms with Crippen LogP contribution in [0.5, 0.6) is 5.75 Å². The number of methoxy groups -OCH3 is 1. The van der Waals surface area contributed by atoms with Gasteiger partial charge >= 0.3 is 0 Å². The second-order valence-corrected chi connectivity index (χ2v) is 6.72. The first-order chi connectivity index (χ1) is 12.3. The Labute approximate surface area is 147 Å². The largest absolute Gasteiger partial charge is 0.497 e. The number of aromatic nitrogens is 1. The number of benzene rings is 1. The normalized spacial score (nSPS) is 20.9. The van der Waals surface area contributed by atoms with Gasteiger partial charge in [-0.05, 0) is 31.2 Å². The van der Waals surface area contributed by atoms with Crippen molar-refractivity contribution >= 4 is 22.5 Å². The lowest BCUT2D eigenvalue weighted by Gasteiger charge is -2.37. The number of piperazine rings is 1. The van der Waals surface area contributed by atoms with Crippen LogP contribution in [0, 0.1) is 5.92 Å². The van der Waals surface area contributed by atoms with E-state index in [2.05, 4.69) is 27.3 Å². The molecule has 1 aromatic heterocycles. The smallest absolute Gasteiger partial charge is 0.227 e. The second-order valence-electron chi connectivity index (χ2n) is 6.72. The van der Waals surface area contributed by atoms with E-state index >= 15 is 0 Å². The van der Waals surface area contributed by atoms with Crippen molar-refractivity contribution in [1.82, 2.24) is 15.2 Å². The van der Waals surface area contributed by atoms with Gasteiger partial charge in [0, 0.05) is 56.1 Å². The average molecular weight is 340 g/mol. The molecule has 0 saturated carbocycles. The Morgan fingerprint density at radius 3 is 2.80 bits per heavy atom. The van der Waals surface area contributed by atoms with Gasteiger partial charge in [0.15, 0.2) is 0 Å². The van der Waals surface area contributed by atoms with Crippen molar-refractivity contribution in [2.75, 3.05) is 51.3 Å². The molecule has 1 atom stereocenters. The van der Waals surface area contributed by atoms with Gasteiger partial charge in [-0.2, -0.15) is 0 Å². The third-order valence-electron chi connectivity index (χ3n) is 5.27. The number of rotatable bonds is 3. The lowest BCUT2D eigenvalue weighted by atomic mass is 10.1. The molecule has 0 aliphatic carbocycles. The van der Waals surface area contributed by atoms with Crippen LogP contribution >= 0.6 is 0 Å². The molecule has 6 nitrogen and oxygen atoms in total. The molecule has 0 radical (unpaired) electrons. The zero-order valence-corrected chi connectivity index (χ0v) is 14.6. The topological polar surface area (TPSA) is 57.7 Å². The van der Waals surface area contributed by atoms with E-state index in [4.69, 9.17) is 4.74 Å². The number of nitrogens with one attached hydrogen (secondary N) is 1. The molecule has 4 rings (SSSR count). The number of amides is 1. The zero-order chi connectivity index (χ0) is 17.2.